The molecule has 0 fully saturated rings. The average Bonchev–Trinajstić information content (AvgIpc) is 2.03. The van der Waals surface area contributed by atoms with E-state index in [0.29, 0.717) is 19.0 Å². The predicted molar refractivity (Wildman–Crippen MR) is 48.5 cm³/mol. The molecule has 0 saturated carbocycles. The summed E-state index contributed by atoms with van der Waals surface area (Å²) in [7, 11) is 1.60. The van der Waals surface area contributed by atoms with Crippen molar-refractivity contribution in [1.82, 2.24) is 0 Å². The summed E-state index contributed by atoms with van der Waals surface area (Å²) in [6.07, 6.45) is 0. The van der Waals surface area contributed by atoms with Gasteiger partial charge in [0.2, 0.25) is 0 Å². The fourth-order valence-corrected chi connectivity index (χ4v) is 1.03. The molecule has 72 valence electrons. The highest BCUT2D eigenvalue weighted by molar-refractivity contribution is 5.28. The summed E-state index contributed by atoms with van der Waals surface area (Å²) in [6, 6.07) is 4.62. The Morgan fingerprint density at radius 2 is 2.00 bits per heavy atom. The van der Waals surface area contributed by atoms with Crippen LogP contribution in [-0.2, 0) is 4.74 Å². The zero-order valence-electron chi connectivity index (χ0n) is 7.84. The maximum Gasteiger partial charge on any atom is 0.127 e. The third-order valence-electron chi connectivity index (χ3n) is 1.57. The van der Waals surface area contributed by atoms with Crippen molar-refractivity contribution >= 4 is 0 Å². The number of methoxy groups -OCH3 is 1. The summed E-state index contributed by atoms with van der Waals surface area (Å²) in [5.41, 5.74) is 0.854. The highest BCUT2D eigenvalue weighted by Crippen LogP contribution is 2.15. The zero-order valence-corrected chi connectivity index (χ0v) is 7.84. The fourth-order valence-electron chi connectivity index (χ4n) is 1.03. The van der Waals surface area contributed by atoms with Gasteiger partial charge in [-0.2, -0.15) is 0 Å². The Morgan fingerprint density at radius 1 is 1.23 bits per heavy atom. The number of rotatable bonds is 4. The normalized spacial score (nSPS) is 10.1. The maximum absolute atomic E-state index is 12.8. The van der Waals surface area contributed by atoms with Gasteiger partial charge >= 0.3 is 0 Å². The lowest BCUT2D eigenvalue weighted by molar-refractivity contribution is 0.146. The van der Waals surface area contributed by atoms with Crippen LogP contribution < -0.4 is 4.74 Å². The Hall–Kier alpha value is -1.09. The average molecular weight is 184 g/mol. The molecule has 0 radical (unpaired) electrons. The number of hydrogen-bond acceptors (Lipinski definition) is 2. The van der Waals surface area contributed by atoms with E-state index < -0.39 is 0 Å². The second-order valence-corrected chi connectivity index (χ2v) is 2.81. The van der Waals surface area contributed by atoms with Gasteiger partial charge in [-0.3, -0.25) is 0 Å². The molecule has 2 nitrogen and oxygen atoms in total. The Balaban J connectivity index is 2.56. The van der Waals surface area contributed by atoms with Gasteiger partial charge in [-0.15, -0.1) is 0 Å². The molecule has 0 aromatic heterocycles. The topological polar surface area (TPSA) is 18.5 Å². The first kappa shape index (κ1) is 9.99. The zero-order chi connectivity index (χ0) is 9.68. The van der Waals surface area contributed by atoms with Crippen LogP contribution in [0.4, 0.5) is 4.39 Å². The first-order valence-electron chi connectivity index (χ1n) is 4.11. The Bertz CT molecular complexity index is 253. The van der Waals surface area contributed by atoms with Crippen molar-refractivity contribution in [1.29, 1.82) is 0 Å². The first-order chi connectivity index (χ1) is 6.22. The molecule has 1 aromatic carbocycles. The van der Waals surface area contributed by atoms with E-state index in [1.807, 2.05) is 6.92 Å². The number of aryl methyl sites for hydroxylation is 1. The van der Waals surface area contributed by atoms with Crippen LogP contribution in [0.2, 0.25) is 0 Å². The molecule has 3 heteroatoms. The molecule has 0 aliphatic heterocycles. The molecular weight excluding hydrogens is 171 g/mol. The van der Waals surface area contributed by atoms with Gasteiger partial charge in [0.15, 0.2) is 0 Å². The van der Waals surface area contributed by atoms with Gasteiger partial charge in [0.25, 0.3) is 0 Å². The van der Waals surface area contributed by atoms with Crippen LogP contribution in [0.25, 0.3) is 0 Å². The van der Waals surface area contributed by atoms with Gasteiger partial charge in [0.1, 0.15) is 18.2 Å². The van der Waals surface area contributed by atoms with Crippen LogP contribution in [0, 0.1) is 12.7 Å². The molecule has 0 amide bonds. The van der Waals surface area contributed by atoms with Gasteiger partial charge in [0.05, 0.1) is 6.61 Å². The minimum atomic E-state index is -0.271. The molecule has 0 saturated heterocycles. The van der Waals surface area contributed by atoms with Crippen molar-refractivity contribution in [2.45, 2.75) is 6.92 Å². The highest BCUT2D eigenvalue weighted by Gasteiger charge is 1.98. The standard InChI is InChI=1S/C10H13FO2/c1-8-5-9(11)7-10(6-8)13-4-3-12-2/h5-7H,3-4H2,1-2H3. The van der Waals surface area contributed by atoms with Gasteiger partial charge < -0.3 is 9.47 Å². The lowest BCUT2D eigenvalue weighted by Crippen LogP contribution is -2.04. The van der Waals surface area contributed by atoms with Gasteiger partial charge in [-0.1, -0.05) is 0 Å². The monoisotopic (exact) mass is 184 g/mol. The van der Waals surface area contributed by atoms with E-state index in [9.17, 15) is 4.39 Å². The third kappa shape index (κ3) is 3.42. The number of ether oxygens (including phenoxy) is 2. The molecule has 1 rings (SSSR count). The van der Waals surface area contributed by atoms with Gasteiger partial charge in [-0.25, -0.2) is 4.39 Å². The molecule has 0 N–H and O–H groups in total. The molecule has 0 atom stereocenters. The van der Waals surface area contributed by atoms with E-state index in [2.05, 4.69) is 0 Å². The minimum Gasteiger partial charge on any atom is -0.491 e. The quantitative estimate of drug-likeness (QED) is 0.667. The molecule has 0 unspecified atom stereocenters. The van der Waals surface area contributed by atoms with Gasteiger partial charge in [0, 0.05) is 13.2 Å². The van der Waals surface area contributed by atoms with Crippen molar-refractivity contribution in [2.75, 3.05) is 20.3 Å². The van der Waals surface area contributed by atoms with E-state index in [-0.39, 0.29) is 5.82 Å². The Labute approximate surface area is 77.3 Å². The summed E-state index contributed by atoms with van der Waals surface area (Å²) in [5, 5.41) is 0. The molecule has 0 heterocycles. The molecule has 0 aliphatic carbocycles. The van der Waals surface area contributed by atoms with Crippen molar-refractivity contribution in [3.63, 3.8) is 0 Å². The van der Waals surface area contributed by atoms with E-state index in [0.717, 1.165) is 5.56 Å². The lowest BCUT2D eigenvalue weighted by Gasteiger charge is -2.05. The summed E-state index contributed by atoms with van der Waals surface area (Å²) in [5.74, 6) is 0.280. The summed E-state index contributed by atoms with van der Waals surface area (Å²) in [4.78, 5) is 0. The van der Waals surface area contributed by atoms with E-state index >= 15 is 0 Å². The summed E-state index contributed by atoms with van der Waals surface area (Å²) in [6.45, 7) is 2.78. The summed E-state index contributed by atoms with van der Waals surface area (Å²) >= 11 is 0. The third-order valence-corrected chi connectivity index (χ3v) is 1.57. The molecular formula is C10H13FO2. The first-order valence-corrected chi connectivity index (χ1v) is 4.11. The van der Waals surface area contributed by atoms with Crippen LogP contribution >= 0.6 is 0 Å². The van der Waals surface area contributed by atoms with Crippen molar-refractivity contribution in [3.05, 3.63) is 29.6 Å². The maximum atomic E-state index is 12.8. The smallest absolute Gasteiger partial charge is 0.127 e. The minimum absolute atomic E-state index is 0.271. The number of hydrogen-bond donors (Lipinski definition) is 0. The van der Waals surface area contributed by atoms with E-state index in [1.54, 1.807) is 13.2 Å². The van der Waals surface area contributed by atoms with Crippen molar-refractivity contribution in [3.8, 4) is 5.75 Å². The van der Waals surface area contributed by atoms with Crippen LogP contribution in [0.3, 0.4) is 0 Å². The molecule has 0 spiro atoms. The predicted octanol–water partition coefficient (Wildman–Crippen LogP) is 2.16. The largest absolute Gasteiger partial charge is 0.491 e. The van der Waals surface area contributed by atoms with Crippen molar-refractivity contribution in [2.24, 2.45) is 0 Å². The number of benzene rings is 1. The second kappa shape index (κ2) is 4.82. The lowest BCUT2D eigenvalue weighted by atomic mass is 10.2. The Kier molecular flexibility index (Phi) is 3.71. The Morgan fingerprint density at radius 3 is 2.62 bits per heavy atom. The van der Waals surface area contributed by atoms with Crippen LogP contribution in [-0.4, -0.2) is 20.3 Å². The number of halogens is 1. The molecule has 13 heavy (non-hydrogen) atoms. The highest BCUT2D eigenvalue weighted by atomic mass is 19.1. The van der Waals surface area contributed by atoms with E-state index in [1.165, 1.54) is 12.1 Å². The molecule has 0 bridgehead atoms. The van der Waals surface area contributed by atoms with Crippen LogP contribution in [0.1, 0.15) is 5.56 Å². The molecule has 0 aliphatic rings. The summed E-state index contributed by atoms with van der Waals surface area (Å²) < 4.78 is 22.9. The van der Waals surface area contributed by atoms with Crippen molar-refractivity contribution < 1.29 is 13.9 Å². The second-order valence-electron chi connectivity index (χ2n) is 2.81. The fraction of sp³-hybridized carbons (Fsp3) is 0.400. The molecule has 1 aromatic rings. The van der Waals surface area contributed by atoms with Crippen LogP contribution in [0.15, 0.2) is 18.2 Å². The SMILES string of the molecule is COCCOc1cc(C)cc(F)c1. The van der Waals surface area contributed by atoms with E-state index in [4.69, 9.17) is 9.47 Å². The van der Waals surface area contributed by atoms with Gasteiger partial charge in [-0.05, 0) is 24.6 Å². The van der Waals surface area contributed by atoms with Crippen LogP contribution in [0.5, 0.6) is 5.75 Å².